The Kier molecular flexibility index (Phi) is 18.3. The number of quaternary nitrogens is 1. The van der Waals surface area contributed by atoms with E-state index in [9.17, 15) is 0 Å². The molecule has 0 unspecified atom stereocenters. The molecule has 1 nitrogen and oxygen atoms in total. The minimum absolute atomic E-state index is 0. The average molecular weight is 384 g/mol. The predicted molar refractivity (Wildman–Crippen MR) is 117 cm³/mol. The quantitative estimate of drug-likeness (QED) is 0.207. The molecule has 0 saturated carbocycles. The van der Waals surface area contributed by atoms with Crippen LogP contribution < -0.4 is 29.6 Å². The van der Waals surface area contributed by atoms with Gasteiger partial charge in [0.1, 0.15) is 6.54 Å². The summed E-state index contributed by atoms with van der Waals surface area (Å²) in [5.74, 6) is 0. The molecule has 0 aliphatic rings. The van der Waals surface area contributed by atoms with Crippen LogP contribution in [0.15, 0.2) is 30.3 Å². The topological polar surface area (TPSA) is 0 Å². The molecule has 0 fully saturated rings. The smallest absolute Gasteiger partial charge is 0.325 e. The number of unbranched alkanes of at least 4 members (excludes halogenated alkanes) is 13. The van der Waals surface area contributed by atoms with Gasteiger partial charge >= 0.3 is 29.6 Å². The fourth-order valence-electron chi connectivity index (χ4n) is 3.89. The minimum Gasteiger partial charge on any atom is -0.325 e. The van der Waals surface area contributed by atoms with Gasteiger partial charge in [-0.25, -0.2) is 0 Å². The van der Waals surface area contributed by atoms with Crippen LogP contribution >= 0.6 is 0 Å². The number of hydrogen-bond donors (Lipinski definition) is 0. The van der Waals surface area contributed by atoms with Gasteiger partial charge in [-0.1, -0.05) is 114 Å². The molecule has 27 heavy (non-hydrogen) atoms. The van der Waals surface area contributed by atoms with Crippen molar-refractivity contribution >= 4 is 0 Å². The van der Waals surface area contributed by atoms with E-state index >= 15 is 0 Å². The summed E-state index contributed by atoms with van der Waals surface area (Å²) >= 11 is 0. The Bertz CT molecular complexity index is 416. The summed E-state index contributed by atoms with van der Waals surface area (Å²) < 4.78 is 1.11. The van der Waals surface area contributed by atoms with E-state index in [2.05, 4.69) is 51.4 Å². The van der Waals surface area contributed by atoms with Crippen LogP contribution in [0.5, 0.6) is 0 Å². The molecule has 0 spiro atoms. The summed E-state index contributed by atoms with van der Waals surface area (Å²) in [4.78, 5) is 0. The van der Waals surface area contributed by atoms with Crippen LogP contribution in [0.2, 0.25) is 0 Å². The van der Waals surface area contributed by atoms with Crippen LogP contribution in [-0.2, 0) is 6.54 Å². The second kappa shape index (κ2) is 18.2. The van der Waals surface area contributed by atoms with Gasteiger partial charge in [-0.3, -0.25) is 0 Å². The predicted octanol–water partition coefficient (Wildman–Crippen LogP) is 4.75. The van der Waals surface area contributed by atoms with Crippen LogP contribution in [0.4, 0.5) is 0 Å². The fourth-order valence-corrected chi connectivity index (χ4v) is 3.89. The first-order chi connectivity index (χ1) is 12.6. The van der Waals surface area contributed by atoms with Crippen molar-refractivity contribution in [1.82, 2.24) is 0 Å². The van der Waals surface area contributed by atoms with Crippen molar-refractivity contribution in [2.24, 2.45) is 0 Å². The molecule has 0 amide bonds. The van der Waals surface area contributed by atoms with E-state index in [4.69, 9.17) is 0 Å². The molecule has 0 N–H and O–H groups in total. The van der Waals surface area contributed by atoms with Gasteiger partial charge in [-0.2, -0.15) is 0 Å². The maximum absolute atomic E-state index is 2.37. The summed E-state index contributed by atoms with van der Waals surface area (Å²) in [6.45, 7) is 4.75. The van der Waals surface area contributed by atoms with Crippen molar-refractivity contribution in [1.29, 1.82) is 0 Å². The first kappa shape index (κ1) is 27.2. The minimum atomic E-state index is 0. The summed E-state index contributed by atoms with van der Waals surface area (Å²) in [5.41, 5.74) is 1.46. The summed E-state index contributed by atoms with van der Waals surface area (Å²) in [6, 6.07) is 10.9. The molecule has 1 rings (SSSR count). The van der Waals surface area contributed by atoms with Crippen molar-refractivity contribution in [2.45, 2.75) is 103 Å². The van der Waals surface area contributed by atoms with Gasteiger partial charge in [0.25, 0.3) is 0 Å². The largest absolute Gasteiger partial charge is 1.00 e. The SMILES string of the molecule is CCCCCCCCCCCCCCCC[N+](C)(C)Cc1ccccc1.[Na+]. The Morgan fingerprint density at radius 3 is 1.44 bits per heavy atom. The Labute approximate surface area is 193 Å². The maximum atomic E-state index is 2.37. The first-order valence-corrected chi connectivity index (χ1v) is 11.5. The average Bonchev–Trinajstić information content (AvgIpc) is 2.62. The van der Waals surface area contributed by atoms with Crippen molar-refractivity contribution in [3.8, 4) is 0 Å². The standard InChI is InChI=1S/C25H46N.Na/c1-4-5-6-7-8-9-10-11-12-13-14-15-16-20-23-26(2,3)24-25-21-18-17-19-22-25;/h17-19,21-22H,4-16,20,23-24H2,1-3H3;/q2*+1. The molecular weight excluding hydrogens is 337 g/mol. The van der Waals surface area contributed by atoms with Crippen LogP contribution in [0.1, 0.15) is 102 Å². The molecular formula is C25H46NNa+2. The molecule has 0 saturated heterocycles. The van der Waals surface area contributed by atoms with E-state index in [0.717, 1.165) is 11.0 Å². The third kappa shape index (κ3) is 16.8. The Morgan fingerprint density at radius 1 is 0.593 bits per heavy atom. The number of nitrogens with zero attached hydrogens (tertiary/aromatic N) is 1. The summed E-state index contributed by atoms with van der Waals surface area (Å²) in [7, 11) is 4.74. The van der Waals surface area contributed by atoms with Crippen molar-refractivity contribution in [2.75, 3.05) is 20.6 Å². The van der Waals surface area contributed by atoms with Crippen LogP contribution in [-0.4, -0.2) is 25.1 Å². The first-order valence-electron chi connectivity index (χ1n) is 11.5. The van der Waals surface area contributed by atoms with Gasteiger partial charge in [-0.05, 0) is 12.8 Å². The zero-order chi connectivity index (χ0) is 18.9. The molecule has 150 valence electrons. The number of hydrogen-bond acceptors (Lipinski definition) is 0. The van der Waals surface area contributed by atoms with E-state index < -0.39 is 0 Å². The molecule has 0 bridgehead atoms. The zero-order valence-electron chi connectivity index (χ0n) is 19.1. The van der Waals surface area contributed by atoms with Crippen LogP contribution in [0, 0.1) is 0 Å². The van der Waals surface area contributed by atoms with Gasteiger partial charge in [0, 0.05) is 5.56 Å². The molecule has 0 radical (unpaired) electrons. The summed E-state index contributed by atoms with van der Waals surface area (Å²) in [5, 5.41) is 0. The Hall–Kier alpha value is 0.180. The van der Waals surface area contributed by atoms with Crippen LogP contribution in [0.25, 0.3) is 0 Å². The molecule has 2 heteroatoms. The van der Waals surface area contributed by atoms with Crippen molar-refractivity contribution in [3.63, 3.8) is 0 Å². The van der Waals surface area contributed by atoms with Gasteiger partial charge in [-0.15, -0.1) is 0 Å². The molecule has 1 aromatic carbocycles. The van der Waals surface area contributed by atoms with E-state index in [0.29, 0.717) is 0 Å². The molecule has 0 aliphatic carbocycles. The van der Waals surface area contributed by atoms with Crippen LogP contribution in [0.3, 0.4) is 0 Å². The van der Waals surface area contributed by atoms with Crippen molar-refractivity contribution < 1.29 is 34.0 Å². The van der Waals surface area contributed by atoms with Crippen molar-refractivity contribution in [3.05, 3.63) is 35.9 Å². The second-order valence-electron chi connectivity index (χ2n) is 8.90. The zero-order valence-corrected chi connectivity index (χ0v) is 21.1. The van der Waals surface area contributed by atoms with E-state index in [1.54, 1.807) is 0 Å². The van der Waals surface area contributed by atoms with Gasteiger partial charge in [0.05, 0.1) is 20.6 Å². The number of benzene rings is 1. The normalized spacial score (nSPS) is 11.4. The monoisotopic (exact) mass is 383 g/mol. The van der Waals surface area contributed by atoms with Gasteiger partial charge in [0.2, 0.25) is 0 Å². The summed E-state index contributed by atoms with van der Waals surface area (Å²) in [6.07, 6.45) is 20.2. The second-order valence-corrected chi connectivity index (χ2v) is 8.90. The van der Waals surface area contributed by atoms with E-state index in [-0.39, 0.29) is 29.6 Å². The fraction of sp³-hybridized carbons (Fsp3) is 0.760. The third-order valence-electron chi connectivity index (χ3n) is 5.57. The van der Waals surface area contributed by atoms with Gasteiger partial charge < -0.3 is 4.48 Å². The molecule has 1 aromatic rings. The van der Waals surface area contributed by atoms with E-state index in [1.807, 2.05) is 0 Å². The molecule has 0 aliphatic heterocycles. The molecule has 0 aromatic heterocycles. The number of rotatable bonds is 17. The molecule has 0 heterocycles. The molecule has 0 atom stereocenters. The maximum Gasteiger partial charge on any atom is 1.00 e. The Balaban J connectivity index is 0.00000676. The van der Waals surface area contributed by atoms with E-state index in [1.165, 1.54) is 102 Å². The third-order valence-corrected chi connectivity index (χ3v) is 5.57. The Morgan fingerprint density at radius 2 is 1.00 bits per heavy atom. The van der Waals surface area contributed by atoms with Gasteiger partial charge in [0.15, 0.2) is 0 Å².